The summed E-state index contributed by atoms with van der Waals surface area (Å²) in [5, 5.41) is 1.66. The highest BCUT2D eigenvalue weighted by Gasteiger charge is 2.44. The summed E-state index contributed by atoms with van der Waals surface area (Å²) in [5.41, 5.74) is 0. The number of halogens is 1. The molecule has 0 spiro atoms. The fraction of sp³-hybridized carbons (Fsp3) is 0.500. The van der Waals surface area contributed by atoms with E-state index in [9.17, 15) is 9.59 Å². The van der Waals surface area contributed by atoms with Crippen molar-refractivity contribution in [1.29, 1.82) is 0 Å². The van der Waals surface area contributed by atoms with Crippen LogP contribution in [0.15, 0.2) is 24.3 Å². The van der Waals surface area contributed by atoms with E-state index in [0.29, 0.717) is 35.2 Å². The van der Waals surface area contributed by atoms with Crippen molar-refractivity contribution < 1.29 is 9.59 Å². The highest BCUT2D eigenvalue weighted by molar-refractivity contribution is 7.20. The van der Waals surface area contributed by atoms with Gasteiger partial charge in [0.1, 0.15) is 0 Å². The van der Waals surface area contributed by atoms with Crippen molar-refractivity contribution in [2.75, 3.05) is 19.6 Å². The topological polar surface area (TPSA) is 40.6 Å². The van der Waals surface area contributed by atoms with Gasteiger partial charge in [-0.25, -0.2) is 0 Å². The van der Waals surface area contributed by atoms with Crippen LogP contribution in [0.25, 0.3) is 10.1 Å². The lowest BCUT2D eigenvalue weighted by Crippen LogP contribution is -2.61. The molecular formula is C20H21ClN2O2S. The molecule has 3 fully saturated rings. The fourth-order valence-corrected chi connectivity index (χ4v) is 6.40. The Morgan fingerprint density at radius 2 is 2.12 bits per heavy atom. The highest BCUT2D eigenvalue weighted by Crippen LogP contribution is 2.39. The summed E-state index contributed by atoms with van der Waals surface area (Å²) in [5.74, 6) is 1.27. The van der Waals surface area contributed by atoms with Crippen molar-refractivity contribution in [2.45, 2.75) is 31.7 Å². The number of nitrogens with zero attached hydrogens (tertiary/aromatic N) is 2. The first-order valence-corrected chi connectivity index (χ1v) is 10.6. The first kappa shape index (κ1) is 16.6. The van der Waals surface area contributed by atoms with Gasteiger partial charge in [-0.2, -0.15) is 0 Å². The molecule has 2 aromatic rings. The van der Waals surface area contributed by atoms with E-state index in [1.165, 1.54) is 11.3 Å². The number of benzene rings is 1. The molecule has 4 heterocycles. The standard InChI is InChI=1S/C20H21ClN2O2S/c21-15-3-1-5-17-14(15)8-18(26-17)20(25)22-9-12-7-13(11-22)16-4-2-6-19(24)23(16)10-12/h1,3,5,8,12-13,16H,2,4,6-7,9-11H2/t12-,13-,16?/m0/s1. The summed E-state index contributed by atoms with van der Waals surface area (Å²) in [6.45, 7) is 2.35. The molecule has 3 saturated heterocycles. The minimum absolute atomic E-state index is 0.118. The molecule has 3 atom stereocenters. The maximum atomic E-state index is 13.1. The number of piperidine rings is 3. The van der Waals surface area contributed by atoms with Crippen LogP contribution in [0.4, 0.5) is 0 Å². The molecule has 3 aliphatic heterocycles. The molecular weight excluding hydrogens is 368 g/mol. The second-order valence-corrected chi connectivity index (χ2v) is 9.33. The van der Waals surface area contributed by atoms with E-state index in [0.717, 1.165) is 53.9 Å². The zero-order chi connectivity index (χ0) is 17.8. The van der Waals surface area contributed by atoms with Gasteiger partial charge in [0.25, 0.3) is 5.91 Å². The van der Waals surface area contributed by atoms with Crippen LogP contribution < -0.4 is 0 Å². The average molecular weight is 389 g/mol. The van der Waals surface area contributed by atoms with Crippen LogP contribution in [-0.4, -0.2) is 47.3 Å². The van der Waals surface area contributed by atoms with Crippen LogP contribution in [0.5, 0.6) is 0 Å². The van der Waals surface area contributed by atoms with Gasteiger partial charge in [0.05, 0.1) is 4.88 Å². The predicted molar refractivity (Wildman–Crippen MR) is 104 cm³/mol. The largest absolute Gasteiger partial charge is 0.339 e. The first-order valence-electron chi connectivity index (χ1n) is 9.37. The SMILES string of the molecule is O=C(c1cc2c(Cl)cccc2s1)N1C[C@@H]2C[C@@H](C1)C1CCCC(=O)N1C2. The van der Waals surface area contributed by atoms with E-state index in [4.69, 9.17) is 11.6 Å². The molecule has 0 aliphatic carbocycles. The number of fused-ring (bicyclic) bond motifs is 5. The van der Waals surface area contributed by atoms with E-state index < -0.39 is 0 Å². The van der Waals surface area contributed by atoms with E-state index in [-0.39, 0.29) is 5.91 Å². The van der Waals surface area contributed by atoms with E-state index in [2.05, 4.69) is 4.90 Å². The van der Waals surface area contributed by atoms with Gasteiger partial charge in [-0.15, -0.1) is 11.3 Å². The van der Waals surface area contributed by atoms with Crippen molar-refractivity contribution in [3.8, 4) is 0 Å². The van der Waals surface area contributed by atoms with Gasteiger partial charge in [-0.3, -0.25) is 9.59 Å². The van der Waals surface area contributed by atoms with Crippen LogP contribution in [0.1, 0.15) is 35.4 Å². The minimum atomic E-state index is 0.118. The van der Waals surface area contributed by atoms with Gasteiger partial charge in [0.2, 0.25) is 5.91 Å². The van der Waals surface area contributed by atoms with Gasteiger partial charge in [-0.05, 0) is 49.3 Å². The van der Waals surface area contributed by atoms with Gasteiger partial charge < -0.3 is 9.80 Å². The zero-order valence-corrected chi connectivity index (χ0v) is 16.1. The van der Waals surface area contributed by atoms with Crippen LogP contribution >= 0.6 is 22.9 Å². The third-order valence-corrected chi connectivity index (χ3v) is 7.60. The Kier molecular flexibility index (Phi) is 3.98. The molecule has 5 rings (SSSR count). The van der Waals surface area contributed by atoms with E-state index in [1.807, 2.05) is 29.2 Å². The van der Waals surface area contributed by atoms with Gasteiger partial charge in [0.15, 0.2) is 0 Å². The number of hydrogen-bond acceptors (Lipinski definition) is 3. The van der Waals surface area contributed by atoms with Crippen LogP contribution in [0.3, 0.4) is 0 Å². The van der Waals surface area contributed by atoms with Crippen LogP contribution in [0, 0.1) is 11.8 Å². The molecule has 4 nitrogen and oxygen atoms in total. The van der Waals surface area contributed by atoms with Crippen LogP contribution in [-0.2, 0) is 4.79 Å². The number of carbonyl (C=O) groups excluding carboxylic acids is 2. The lowest BCUT2D eigenvalue weighted by molar-refractivity contribution is -0.144. The minimum Gasteiger partial charge on any atom is -0.339 e. The van der Waals surface area contributed by atoms with Crippen molar-refractivity contribution in [2.24, 2.45) is 11.8 Å². The Morgan fingerprint density at radius 1 is 1.23 bits per heavy atom. The molecule has 3 aliphatic rings. The number of carbonyl (C=O) groups is 2. The molecule has 6 heteroatoms. The van der Waals surface area contributed by atoms with Gasteiger partial charge in [0, 0.05) is 47.2 Å². The molecule has 2 amide bonds. The van der Waals surface area contributed by atoms with Gasteiger partial charge >= 0.3 is 0 Å². The van der Waals surface area contributed by atoms with E-state index >= 15 is 0 Å². The van der Waals surface area contributed by atoms with Crippen molar-refractivity contribution in [1.82, 2.24) is 9.80 Å². The van der Waals surface area contributed by atoms with Crippen molar-refractivity contribution in [3.63, 3.8) is 0 Å². The molecule has 1 unspecified atom stereocenters. The molecule has 2 bridgehead atoms. The number of thiophene rings is 1. The Bertz CT molecular complexity index is 895. The summed E-state index contributed by atoms with van der Waals surface area (Å²) in [6, 6.07) is 8.07. The zero-order valence-electron chi connectivity index (χ0n) is 14.5. The summed E-state index contributed by atoms with van der Waals surface area (Å²) in [7, 11) is 0. The number of amides is 2. The van der Waals surface area contributed by atoms with Crippen molar-refractivity contribution >= 4 is 44.8 Å². The number of rotatable bonds is 1. The molecule has 26 heavy (non-hydrogen) atoms. The lowest BCUT2D eigenvalue weighted by Gasteiger charge is -2.52. The predicted octanol–water partition coefficient (Wildman–Crippen LogP) is 4.03. The summed E-state index contributed by atoms with van der Waals surface area (Å²) in [6.07, 6.45) is 3.92. The first-order chi connectivity index (χ1) is 12.6. The Morgan fingerprint density at radius 3 is 2.96 bits per heavy atom. The van der Waals surface area contributed by atoms with E-state index in [1.54, 1.807) is 0 Å². The molecule has 136 valence electrons. The third kappa shape index (κ3) is 2.64. The van der Waals surface area contributed by atoms with Gasteiger partial charge in [-0.1, -0.05) is 17.7 Å². The smallest absolute Gasteiger partial charge is 0.263 e. The fourth-order valence-electron chi connectivity index (χ4n) is 5.06. The lowest BCUT2D eigenvalue weighted by atomic mass is 9.76. The van der Waals surface area contributed by atoms with Crippen LogP contribution in [0.2, 0.25) is 5.02 Å². The Balaban J connectivity index is 1.40. The third-order valence-electron chi connectivity index (χ3n) is 6.19. The molecule has 1 aromatic carbocycles. The molecule has 1 aromatic heterocycles. The maximum Gasteiger partial charge on any atom is 0.263 e. The van der Waals surface area contributed by atoms with Crippen molar-refractivity contribution in [3.05, 3.63) is 34.2 Å². The summed E-state index contributed by atoms with van der Waals surface area (Å²) in [4.78, 5) is 30.3. The average Bonchev–Trinajstić information content (AvgIpc) is 3.08. The maximum absolute atomic E-state index is 13.1. The molecule has 0 N–H and O–H groups in total. The number of likely N-dealkylation sites (tertiary alicyclic amines) is 1. The highest BCUT2D eigenvalue weighted by atomic mass is 35.5. The Hall–Kier alpha value is -1.59. The normalized spacial score (nSPS) is 28.3. The summed E-state index contributed by atoms with van der Waals surface area (Å²) >= 11 is 7.80. The molecule has 0 radical (unpaired) electrons. The monoisotopic (exact) mass is 388 g/mol. The second kappa shape index (κ2) is 6.24. The quantitative estimate of drug-likeness (QED) is 0.740. The summed E-state index contributed by atoms with van der Waals surface area (Å²) < 4.78 is 1.06. The second-order valence-electron chi connectivity index (χ2n) is 7.84. The molecule has 0 saturated carbocycles. The number of hydrogen-bond donors (Lipinski definition) is 0. The Labute approximate surface area is 161 Å².